The number of rotatable bonds is 4. The number of hydrogen-bond acceptors (Lipinski definition) is 2. The van der Waals surface area contributed by atoms with Crippen LogP contribution in [0.3, 0.4) is 0 Å². The largest absolute Gasteiger partial charge is 0.489 e. The van der Waals surface area contributed by atoms with Gasteiger partial charge in [-0.25, -0.2) is 9.18 Å². The lowest BCUT2D eigenvalue weighted by Crippen LogP contribution is -2.23. The molecule has 0 heterocycles. The number of halogens is 1. The maximum atomic E-state index is 13.1. The molecule has 0 aliphatic carbocycles. The van der Waals surface area contributed by atoms with E-state index in [1.165, 1.54) is 26.0 Å². The predicted octanol–water partition coefficient (Wildman–Crippen LogP) is 2.51. The average Bonchev–Trinajstić information content (AvgIpc) is 2.14. The van der Waals surface area contributed by atoms with Crippen molar-refractivity contribution < 1.29 is 19.0 Å². The number of alkyl halides is 1. The summed E-state index contributed by atoms with van der Waals surface area (Å²) < 4.78 is 18.2. The van der Waals surface area contributed by atoms with Gasteiger partial charge in [-0.2, -0.15) is 0 Å². The lowest BCUT2D eigenvalue weighted by Gasteiger charge is -2.16. The van der Waals surface area contributed by atoms with Gasteiger partial charge in [-0.05, 0) is 26.0 Å². The zero-order chi connectivity index (χ0) is 11.5. The van der Waals surface area contributed by atoms with Crippen LogP contribution in [0.5, 0.6) is 5.75 Å². The highest BCUT2D eigenvalue weighted by atomic mass is 19.1. The second-order valence-electron chi connectivity index (χ2n) is 3.81. The topological polar surface area (TPSA) is 46.5 Å². The Kier molecular flexibility index (Phi) is 3.29. The number of carbonyl (C=O) groups is 1. The van der Waals surface area contributed by atoms with Crippen LogP contribution in [0.25, 0.3) is 0 Å². The highest BCUT2D eigenvalue weighted by molar-refractivity contribution is 5.90. The molecule has 0 fully saturated rings. The minimum absolute atomic E-state index is 0.0433. The monoisotopic (exact) mass is 212 g/mol. The molecule has 1 aromatic rings. The maximum Gasteiger partial charge on any atom is 0.339 e. The third-order valence-electron chi connectivity index (χ3n) is 1.69. The van der Waals surface area contributed by atoms with E-state index in [1.807, 2.05) is 0 Å². The molecule has 3 nitrogen and oxygen atoms in total. The molecule has 0 aliphatic heterocycles. The highest BCUT2D eigenvalue weighted by Gasteiger charge is 2.18. The van der Waals surface area contributed by atoms with Crippen LogP contribution in [0.15, 0.2) is 24.3 Å². The second kappa shape index (κ2) is 4.29. The molecule has 1 rings (SSSR count). The first kappa shape index (κ1) is 11.5. The summed E-state index contributed by atoms with van der Waals surface area (Å²) in [5.74, 6) is -0.891. The van der Waals surface area contributed by atoms with Crippen LogP contribution in [-0.2, 0) is 0 Å². The van der Waals surface area contributed by atoms with Crippen molar-refractivity contribution in [2.45, 2.75) is 19.5 Å². The van der Waals surface area contributed by atoms with Crippen LogP contribution in [0, 0.1) is 0 Å². The minimum atomic E-state index is -1.48. The first-order chi connectivity index (χ1) is 6.90. The molecule has 0 atom stereocenters. The summed E-state index contributed by atoms with van der Waals surface area (Å²) in [5, 5.41) is 8.82. The quantitative estimate of drug-likeness (QED) is 0.834. The molecular weight excluding hydrogens is 199 g/mol. The smallest absolute Gasteiger partial charge is 0.339 e. The normalized spacial score (nSPS) is 11.1. The van der Waals surface area contributed by atoms with Crippen LogP contribution < -0.4 is 4.74 Å². The van der Waals surface area contributed by atoms with Gasteiger partial charge in [-0.3, -0.25) is 0 Å². The summed E-state index contributed by atoms with van der Waals surface area (Å²) in [6, 6.07) is 6.17. The van der Waals surface area contributed by atoms with Crippen LogP contribution in [0.4, 0.5) is 4.39 Å². The van der Waals surface area contributed by atoms with Crippen molar-refractivity contribution in [1.82, 2.24) is 0 Å². The van der Waals surface area contributed by atoms with Gasteiger partial charge in [0.15, 0.2) is 0 Å². The molecular formula is C11H13FO3. The maximum absolute atomic E-state index is 13.1. The molecule has 0 bridgehead atoms. The van der Waals surface area contributed by atoms with E-state index < -0.39 is 11.6 Å². The second-order valence-corrected chi connectivity index (χ2v) is 3.81. The number of carboxylic acid groups (broad SMARTS) is 1. The van der Waals surface area contributed by atoms with E-state index in [-0.39, 0.29) is 17.9 Å². The van der Waals surface area contributed by atoms with E-state index in [4.69, 9.17) is 9.84 Å². The third kappa shape index (κ3) is 3.58. The first-order valence-electron chi connectivity index (χ1n) is 4.54. The Bertz CT molecular complexity index is 355. The van der Waals surface area contributed by atoms with Crippen molar-refractivity contribution >= 4 is 5.97 Å². The van der Waals surface area contributed by atoms with Crippen LogP contribution in [0.2, 0.25) is 0 Å². The molecule has 0 spiro atoms. The molecule has 1 aromatic carbocycles. The van der Waals surface area contributed by atoms with Gasteiger partial charge in [0.25, 0.3) is 0 Å². The van der Waals surface area contributed by atoms with Gasteiger partial charge >= 0.3 is 5.97 Å². The summed E-state index contributed by atoms with van der Waals surface area (Å²) >= 11 is 0. The van der Waals surface area contributed by atoms with E-state index in [9.17, 15) is 9.18 Å². The Morgan fingerprint density at radius 2 is 2.07 bits per heavy atom. The zero-order valence-electron chi connectivity index (χ0n) is 8.66. The fourth-order valence-electron chi connectivity index (χ4n) is 1.02. The summed E-state index contributed by atoms with van der Waals surface area (Å²) in [4.78, 5) is 10.8. The third-order valence-corrected chi connectivity index (χ3v) is 1.69. The summed E-state index contributed by atoms with van der Waals surface area (Å²) in [7, 11) is 0. The van der Waals surface area contributed by atoms with E-state index in [2.05, 4.69) is 0 Å². The average molecular weight is 212 g/mol. The lowest BCUT2D eigenvalue weighted by molar-refractivity contribution is 0.0684. The van der Waals surface area contributed by atoms with E-state index in [0.29, 0.717) is 0 Å². The fraction of sp³-hybridized carbons (Fsp3) is 0.364. The Morgan fingerprint density at radius 3 is 2.60 bits per heavy atom. The summed E-state index contributed by atoms with van der Waals surface area (Å²) in [6.07, 6.45) is 0. The van der Waals surface area contributed by atoms with Gasteiger partial charge in [0.1, 0.15) is 23.6 Å². The minimum Gasteiger partial charge on any atom is -0.489 e. The van der Waals surface area contributed by atoms with Crippen LogP contribution >= 0.6 is 0 Å². The van der Waals surface area contributed by atoms with Gasteiger partial charge < -0.3 is 9.84 Å². The SMILES string of the molecule is CC(C)(F)COc1ccccc1C(=O)O. The number of ether oxygens (including phenoxy) is 1. The van der Waals surface area contributed by atoms with Crippen molar-refractivity contribution in [1.29, 1.82) is 0 Å². The molecule has 82 valence electrons. The van der Waals surface area contributed by atoms with Crippen LogP contribution in [-0.4, -0.2) is 23.4 Å². The molecule has 0 saturated heterocycles. The fourth-order valence-corrected chi connectivity index (χ4v) is 1.02. The van der Waals surface area contributed by atoms with Crippen molar-refractivity contribution in [3.05, 3.63) is 29.8 Å². The molecule has 0 aromatic heterocycles. The Morgan fingerprint density at radius 1 is 1.47 bits per heavy atom. The van der Waals surface area contributed by atoms with E-state index in [0.717, 1.165) is 0 Å². The first-order valence-corrected chi connectivity index (χ1v) is 4.54. The van der Waals surface area contributed by atoms with Gasteiger partial charge in [-0.1, -0.05) is 12.1 Å². The van der Waals surface area contributed by atoms with Crippen molar-refractivity contribution in [2.24, 2.45) is 0 Å². The zero-order valence-corrected chi connectivity index (χ0v) is 8.66. The number of para-hydroxylation sites is 1. The number of benzene rings is 1. The highest BCUT2D eigenvalue weighted by Crippen LogP contribution is 2.20. The molecule has 0 unspecified atom stereocenters. The Hall–Kier alpha value is -1.58. The van der Waals surface area contributed by atoms with Gasteiger partial charge in [0, 0.05) is 0 Å². The molecule has 0 radical (unpaired) electrons. The summed E-state index contributed by atoms with van der Waals surface area (Å²) in [5.41, 5.74) is -1.44. The Labute approximate surface area is 87.5 Å². The van der Waals surface area contributed by atoms with E-state index in [1.54, 1.807) is 12.1 Å². The summed E-state index contributed by atoms with van der Waals surface area (Å²) in [6.45, 7) is 2.57. The van der Waals surface area contributed by atoms with Crippen LogP contribution in [0.1, 0.15) is 24.2 Å². The van der Waals surface area contributed by atoms with E-state index >= 15 is 0 Å². The van der Waals surface area contributed by atoms with Gasteiger partial charge in [-0.15, -0.1) is 0 Å². The molecule has 15 heavy (non-hydrogen) atoms. The van der Waals surface area contributed by atoms with Crippen molar-refractivity contribution in [2.75, 3.05) is 6.61 Å². The molecule has 1 N–H and O–H groups in total. The number of carboxylic acids is 1. The lowest BCUT2D eigenvalue weighted by atomic mass is 10.2. The number of aromatic carboxylic acids is 1. The van der Waals surface area contributed by atoms with Gasteiger partial charge in [0.2, 0.25) is 0 Å². The van der Waals surface area contributed by atoms with Crippen molar-refractivity contribution in [3.8, 4) is 5.75 Å². The molecule has 4 heteroatoms. The predicted molar refractivity (Wildman–Crippen MR) is 54.1 cm³/mol. The molecule has 0 aliphatic rings. The Balaban J connectivity index is 2.81. The van der Waals surface area contributed by atoms with Crippen molar-refractivity contribution in [3.63, 3.8) is 0 Å². The molecule has 0 saturated carbocycles. The van der Waals surface area contributed by atoms with Gasteiger partial charge in [0.05, 0.1) is 0 Å². The molecule has 0 amide bonds. The standard InChI is InChI=1S/C11H13FO3/c1-11(2,12)7-15-9-6-4-3-5-8(9)10(13)14/h3-6H,7H2,1-2H3,(H,13,14). The number of hydrogen-bond donors (Lipinski definition) is 1.